The van der Waals surface area contributed by atoms with Gasteiger partial charge in [-0.15, -0.1) is 24.2 Å². The van der Waals surface area contributed by atoms with E-state index in [-0.39, 0.29) is 25.4 Å². The summed E-state index contributed by atoms with van der Waals surface area (Å²) in [5.41, 5.74) is 0.682. The van der Waals surface area contributed by atoms with Crippen molar-refractivity contribution in [2.75, 3.05) is 25.4 Å². The van der Waals surface area contributed by atoms with E-state index in [4.69, 9.17) is 4.74 Å². The number of nitrogens with zero attached hydrogens (tertiary/aromatic N) is 1. The average molecular weight is 252 g/mol. The van der Waals surface area contributed by atoms with Crippen molar-refractivity contribution in [3.05, 3.63) is 0 Å². The third-order valence-corrected chi connectivity index (χ3v) is 5.01. The molecule has 0 aromatic heterocycles. The molecule has 4 rings (SSSR count). The van der Waals surface area contributed by atoms with Crippen LogP contribution >= 0.6 is 24.2 Å². The molecule has 4 fully saturated rings. The van der Waals surface area contributed by atoms with Crippen LogP contribution < -0.4 is 0 Å². The van der Waals surface area contributed by atoms with Crippen LogP contribution in [0.25, 0.3) is 0 Å². The summed E-state index contributed by atoms with van der Waals surface area (Å²) in [6, 6.07) is 0. The van der Waals surface area contributed by atoms with Crippen molar-refractivity contribution < 1.29 is 4.74 Å². The van der Waals surface area contributed by atoms with Crippen LogP contribution in [0.5, 0.6) is 0 Å². The predicted octanol–water partition coefficient (Wildman–Crippen LogP) is 2.62. The van der Waals surface area contributed by atoms with Crippen LogP contribution in [-0.4, -0.2) is 41.3 Å². The quantitative estimate of drug-likeness (QED) is 0.657. The maximum absolute atomic E-state index is 6.14. The smallest absolute Gasteiger partial charge is 0.101 e. The van der Waals surface area contributed by atoms with Gasteiger partial charge in [-0.1, -0.05) is 7.43 Å². The van der Waals surface area contributed by atoms with Crippen LogP contribution in [0.1, 0.15) is 27.2 Å². The van der Waals surface area contributed by atoms with E-state index in [1.807, 2.05) is 11.8 Å². The molecule has 4 saturated heterocycles. The summed E-state index contributed by atoms with van der Waals surface area (Å²) >= 11 is 1.99. The van der Waals surface area contributed by atoms with E-state index < -0.39 is 0 Å². The Balaban J connectivity index is 0.000000562. The largest absolute Gasteiger partial charge is 0.359 e. The summed E-state index contributed by atoms with van der Waals surface area (Å²) in [5.74, 6) is 2.09. The summed E-state index contributed by atoms with van der Waals surface area (Å²) in [6.45, 7) is 6.02. The molecule has 4 aliphatic heterocycles. The van der Waals surface area contributed by atoms with Gasteiger partial charge in [0.15, 0.2) is 0 Å². The first kappa shape index (κ1) is 13.6. The molecule has 0 N–H and O–H groups in total. The predicted molar refractivity (Wildman–Crippen MR) is 68.9 cm³/mol. The van der Waals surface area contributed by atoms with E-state index in [1.165, 1.54) is 38.2 Å². The molecule has 0 aromatic carbocycles. The van der Waals surface area contributed by atoms with Crippen LogP contribution in [0.3, 0.4) is 0 Å². The Labute approximate surface area is 104 Å². The number of fused-ring (bicyclic) bond motifs is 2. The Morgan fingerprint density at radius 3 is 2.40 bits per heavy atom. The lowest BCUT2D eigenvalue weighted by Gasteiger charge is -2.50. The number of halogens is 1. The minimum absolute atomic E-state index is 0. The Morgan fingerprint density at radius 2 is 2.00 bits per heavy atom. The highest BCUT2D eigenvalue weighted by Gasteiger charge is 2.51. The molecular formula is C11H22ClNOS. The summed E-state index contributed by atoms with van der Waals surface area (Å²) < 4.78 is 6.14. The highest BCUT2D eigenvalue weighted by Crippen LogP contribution is 2.46. The summed E-state index contributed by atoms with van der Waals surface area (Å²) in [4.78, 5) is 2.58. The van der Waals surface area contributed by atoms with Crippen LogP contribution in [0.15, 0.2) is 0 Å². The molecule has 2 bridgehead atoms. The molecule has 15 heavy (non-hydrogen) atoms. The fourth-order valence-electron chi connectivity index (χ4n) is 3.08. The van der Waals surface area contributed by atoms with Crippen LogP contribution in [0.2, 0.25) is 0 Å². The second-order valence-electron chi connectivity index (χ2n) is 4.61. The van der Waals surface area contributed by atoms with Gasteiger partial charge in [-0.3, -0.25) is 0 Å². The molecule has 2 nitrogen and oxygen atoms in total. The lowest BCUT2D eigenvalue weighted by Crippen LogP contribution is -2.60. The Bertz CT molecular complexity index is 221. The fourth-order valence-corrected chi connectivity index (χ4v) is 4.25. The monoisotopic (exact) mass is 251 g/mol. The number of hydrogen-bond acceptors (Lipinski definition) is 3. The zero-order valence-corrected chi connectivity index (χ0v) is 10.2. The topological polar surface area (TPSA) is 12.5 Å². The SMILES string of the molecule is C.C[C@@H]1O[C@@]2(CS1)CN1CCC2CC1.Cl. The molecule has 90 valence electrons. The van der Waals surface area contributed by atoms with E-state index in [9.17, 15) is 0 Å². The molecule has 0 aliphatic carbocycles. The molecule has 4 aliphatic rings. The Hall–Kier alpha value is 0.560. The molecule has 4 heterocycles. The summed E-state index contributed by atoms with van der Waals surface area (Å²) in [5, 5.41) is 0. The van der Waals surface area contributed by atoms with Crippen LogP contribution in [0, 0.1) is 5.92 Å². The van der Waals surface area contributed by atoms with Crippen molar-refractivity contribution in [1.82, 2.24) is 4.90 Å². The molecule has 0 saturated carbocycles. The number of rotatable bonds is 0. The number of piperidine rings is 3. The number of hydrogen-bond donors (Lipinski definition) is 0. The standard InChI is InChI=1S/C10H17NOS.CH4.ClH/c1-8-12-10(7-13-8)6-11-4-2-9(10)3-5-11;;/h8-9H,2-7H2,1H3;1H4;1H/t8-,10-;;/m1../s1. The van der Waals surface area contributed by atoms with Gasteiger partial charge in [-0.25, -0.2) is 0 Å². The zero-order valence-electron chi connectivity index (χ0n) is 8.57. The van der Waals surface area contributed by atoms with Gasteiger partial charge in [0.1, 0.15) is 5.44 Å². The van der Waals surface area contributed by atoms with Gasteiger partial charge in [0.25, 0.3) is 0 Å². The maximum Gasteiger partial charge on any atom is 0.101 e. The molecule has 0 amide bonds. The van der Waals surface area contributed by atoms with Crippen LogP contribution in [-0.2, 0) is 4.74 Å². The molecule has 0 radical (unpaired) electrons. The summed E-state index contributed by atoms with van der Waals surface area (Å²) in [6.07, 6.45) is 2.74. The molecule has 1 spiro atoms. The maximum atomic E-state index is 6.14. The molecule has 0 aromatic rings. The van der Waals surface area contributed by atoms with Gasteiger partial charge >= 0.3 is 0 Å². The minimum atomic E-state index is 0. The van der Waals surface area contributed by atoms with Crippen molar-refractivity contribution in [2.45, 2.75) is 38.2 Å². The first-order valence-electron chi connectivity index (χ1n) is 5.30. The van der Waals surface area contributed by atoms with E-state index in [1.54, 1.807) is 0 Å². The second kappa shape index (κ2) is 4.82. The first-order valence-corrected chi connectivity index (χ1v) is 6.35. The zero-order chi connectivity index (χ0) is 8.89. The normalized spacial score (nSPS) is 47.4. The van der Waals surface area contributed by atoms with Crippen molar-refractivity contribution >= 4 is 24.2 Å². The second-order valence-corrected chi connectivity index (χ2v) is 5.90. The van der Waals surface area contributed by atoms with Gasteiger partial charge < -0.3 is 9.64 Å². The van der Waals surface area contributed by atoms with Crippen molar-refractivity contribution in [1.29, 1.82) is 0 Å². The van der Waals surface area contributed by atoms with Gasteiger partial charge in [0.05, 0.1) is 5.60 Å². The highest BCUT2D eigenvalue weighted by molar-refractivity contribution is 8.00. The van der Waals surface area contributed by atoms with E-state index >= 15 is 0 Å². The number of thioether (sulfide) groups is 1. The lowest BCUT2D eigenvalue weighted by molar-refractivity contribution is -0.133. The van der Waals surface area contributed by atoms with Gasteiger partial charge in [-0.2, -0.15) is 0 Å². The van der Waals surface area contributed by atoms with Crippen molar-refractivity contribution in [2.24, 2.45) is 5.92 Å². The van der Waals surface area contributed by atoms with Gasteiger partial charge in [-0.05, 0) is 38.8 Å². The van der Waals surface area contributed by atoms with Crippen molar-refractivity contribution in [3.8, 4) is 0 Å². The van der Waals surface area contributed by atoms with Gasteiger partial charge in [0, 0.05) is 12.3 Å². The minimum Gasteiger partial charge on any atom is -0.359 e. The molecule has 0 unspecified atom stereocenters. The number of ether oxygens (including phenoxy) is 1. The van der Waals surface area contributed by atoms with E-state index in [0.717, 1.165) is 5.92 Å². The van der Waals surface area contributed by atoms with E-state index in [0.29, 0.717) is 5.44 Å². The molecule has 4 heteroatoms. The lowest BCUT2D eigenvalue weighted by atomic mass is 9.76. The molecular weight excluding hydrogens is 230 g/mol. The average Bonchev–Trinajstić information content (AvgIpc) is 2.49. The fraction of sp³-hybridized carbons (Fsp3) is 1.00. The molecule has 2 atom stereocenters. The highest BCUT2D eigenvalue weighted by atomic mass is 35.5. The third kappa shape index (κ3) is 2.17. The van der Waals surface area contributed by atoms with Crippen molar-refractivity contribution in [3.63, 3.8) is 0 Å². The Kier molecular flexibility index (Phi) is 4.38. The Morgan fingerprint density at radius 1 is 1.33 bits per heavy atom. The van der Waals surface area contributed by atoms with E-state index in [2.05, 4.69) is 11.8 Å². The van der Waals surface area contributed by atoms with Gasteiger partial charge in [0.2, 0.25) is 0 Å². The van der Waals surface area contributed by atoms with Crippen LogP contribution in [0.4, 0.5) is 0 Å². The third-order valence-electron chi connectivity index (χ3n) is 3.79. The first-order chi connectivity index (χ1) is 6.28. The summed E-state index contributed by atoms with van der Waals surface area (Å²) in [7, 11) is 0.